The summed E-state index contributed by atoms with van der Waals surface area (Å²) in [5.74, 6) is -0.236. The first-order valence-corrected chi connectivity index (χ1v) is 11.3. The molecule has 0 unspecified atom stereocenters. The first-order chi connectivity index (χ1) is 13.5. The Morgan fingerprint density at radius 1 is 1.00 bits per heavy atom. The third-order valence-corrected chi connectivity index (χ3v) is 7.62. The maximum Gasteiger partial charge on any atom is 0.243 e. The molecule has 0 radical (unpaired) electrons. The van der Waals surface area contributed by atoms with E-state index in [2.05, 4.69) is 10.3 Å². The van der Waals surface area contributed by atoms with Crippen LogP contribution in [0, 0.1) is 5.92 Å². The number of nitrogens with zero attached hydrogens (tertiary/aromatic N) is 2. The number of amides is 1. The van der Waals surface area contributed by atoms with Crippen LogP contribution in [0.25, 0.3) is 0 Å². The molecule has 0 bridgehead atoms. The number of rotatable bonds is 4. The molecule has 1 saturated heterocycles. The predicted octanol–water partition coefficient (Wildman–Crippen LogP) is 3.00. The van der Waals surface area contributed by atoms with E-state index < -0.39 is 10.0 Å². The minimum atomic E-state index is -3.51. The Hall–Kier alpha value is -2.25. The van der Waals surface area contributed by atoms with Gasteiger partial charge >= 0.3 is 0 Å². The molecule has 1 aromatic carbocycles. The van der Waals surface area contributed by atoms with Gasteiger partial charge in [-0.15, -0.1) is 0 Å². The largest absolute Gasteiger partial charge is 0.326 e. The highest BCUT2D eigenvalue weighted by Gasteiger charge is 2.32. The molecule has 2 aliphatic rings. The van der Waals surface area contributed by atoms with E-state index in [1.165, 1.54) is 21.9 Å². The summed E-state index contributed by atoms with van der Waals surface area (Å²) in [6.07, 6.45) is 8.60. The number of nitrogens with one attached hydrogen (secondary N) is 1. The second-order valence-corrected chi connectivity index (χ2v) is 9.48. The van der Waals surface area contributed by atoms with Crippen LogP contribution in [-0.2, 0) is 27.7 Å². The zero-order valence-electron chi connectivity index (χ0n) is 15.8. The van der Waals surface area contributed by atoms with Gasteiger partial charge in [0.2, 0.25) is 15.9 Å². The number of hydrogen-bond donors (Lipinski definition) is 1. The summed E-state index contributed by atoms with van der Waals surface area (Å²) in [5.41, 5.74) is 3.15. The zero-order chi connectivity index (χ0) is 19.6. The number of piperidine rings is 1. The lowest BCUT2D eigenvalue weighted by atomic mass is 9.92. The number of pyridine rings is 1. The van der Waals surface area contributed by atoms with E-state index in [9.17, 15) is 13.2 Å². The highest BCUT2D eigenvalue weighted by atomic mass is 32.2. The monoisotopic (exact) mass is 399 g/mol. The minimum Gasteiger partial charge on any atom is -0.326 e. The average molecular weight is 400 g/mol. The number of hydrogen-bond acceptors (Lipinski definition) is 4. The van der Waals surface area contributed by atoms with Crippen molar-refractivity contribution in [3.05, 3.63) is 53.9 Å². The lowest BCUT2D eigenvalue weighted by molar-refractivity contribution is -0.120. The number of carbonyl (C=O) groups is 1. The number of fused-ring (bicyclic) bond motifs is 1. The SMILES string of the molecule is O=C(Nc1ccncc1)C1CCN(S(=O)(=O)c2ccc3c(c2)CCCC3)CC1. The molecule has 7 heteroatoms. The summed E-state index contributed by atoms with van der Waals surface area (Å²) >= 11 is 0. The summed E-state index contributed by atoms with van der Waals surface area (Å²) in [6.45, 7) is 0.738. The molecule has 148 valence electrons. The number of sulfonamides is 1. The molecule has 0 atom stereocenters. The molecule has 2 heterocycles. The summed E-state index contributed by atoms with van der Waals surface area (Å²) in [7, 11) is -3.51. The summed E-state index contributed by atoms with van der Waals surface area (Å²) in [6, 6.07) is 9.05. The zero-order valence-corrected chi connectivity index (χ0v) is 16.6. The molecular weight excluding hydrogens is 374 g/mol. The Labute approximate surface area is 166 Å². The van der Waals surface area contributed by atoms with Crippen molar-refractivity contribution < 1.29 is 13.2 Å². The first-order valence-electron chi connectivity index (χ1n) is 9.87. The van der Waals surface area contributed by atoms with Crippen LogP contribution in [0.15, 0.2) is 47.6 Å². The smallest absolute Gasteiger partial charge is 0.243 e. The Kier molecular flexibility index (Phi) is 5.46. The van der Waals surface area contributed by atoms with Crippen LogP contribution in [0.1, 0.15) is 36.8 Å². The molecule has 1 aliphatic heterocycles. The predicted molar refractivity (Wildman–Crippen MR) is 107 cm³/mol. The molecule has 1 fully saturated rings. The van der Waals surface area contributed by atoms with Gasteiger partial charge in [-0.3, -0.25) is 9.78 Å². The van der Waals surface area contributed by atoms with Crippen LogP contribution in [-0.4, -0.2) is 36.7 Å². The normalized spacial score (nSPS) is 18.4. The quantitative estimate of drug-likeness (QED) is 0.857. The van der Waals surface area contributed by atoms with E-state index in [1.54, 1.807) is 30.6 Å². The third kappa shape index (κ3) is 3.95. The van der Waals surface area contributed by atoms with E-state index in [0.29, 0.717) is 36.5 Å². The second kappa shape index (κ2) is 8.01. The fourth-order valence-corrected chi connectivity index (χ4v) is 5.58. The van der Waals surface area contributed by atoms with Crippen molar-refractivity contribution >= 4 is 21.6 Å². The first kappa shape index (κ1) is 19.1. The minimum absolute atomic E-state index is 0.0583. The topological polar surface area (TPSA) is 79.4 Å². The van der Waals surface area contributed by atoms with Gasteiger partial charge in [0.25, 0.3) is 0 Å². The molecular formula is C21H25N3O3S. The van der Waals surface area contributed by atoms with Crippen molar-refractivity contribution in [1.29, 1.82) is 0 Å². The van der Waals surface area contributed by atoms with Gasteiger partial charge in [-0.1, -0.05) is 6.07 Å². The highest BCUT2D eigenvalue weighted by Crippen LogP contribution is 2.28. The molecule has 0 saturated carbocycles. The van der Waals surface area contributed by atoms with Crippen molar-refractivity contribution in [1.82, 2.24) is 9.29 Å². The van der Waals surface area contributed by atoms with Crippen molar-refractivity contribution in [2.24, 2.45) is 5.92 Å². The fraction of sp³-hybridized carbons (Fsp3) is 0.429. The molecule has 28 heavy (non-hydrogen) atoms. The Morgan fingerprint density at radius 2 is 1.68 bits per heavy atom. The highest BCUT2D eigenvalue weighted by molar-refractivity contribution is 7.89. The molecule has 1 N–H and O–H groups in total. The maximum absolute atomic E-state index is 13.1. The van der Waals surface area contributed by atoms with Crippen LogP contribution in [0.2, 0.25) is 0 Å². The van der Waals surface area contributed by atoms with Crippen LogP contribution < -0.4 is 5.32 Å². The molecule has 1 aromatic heterocycles. The standard InChI is InChI=1S/C21H25N3O3S/c25-21(23-19-7-11-22-12-8-19)17-9-13-24(14-10-17)28(26,27)20-6-5-16-3-1-2-4-18(16)15-20/h5-8,11-12,15,17H,1-4,9-10,13-14H2,(H,22,23,25). The summed E-state index contributed by atoms with van der Waals surface area (Å²) < 4.78 is 27.6. The van der Waals surface area contributed by atoms with Gasteiger partial charge in [-0.25, -0.2) is 8.42 Å². The molecule has 1 aliphatic carbocycles. The van der Waals surface area contributed by atoms with E-state index in [4.69, 9.17) is 0 Å². The third-order valence-electron chi connectivity index (χ3n) is 5.73. The summed E-state index contributed by atoms with van der Waals surface area (Å²) in [5, 5.41) is 2.88. The number of anilines is 1. The van der Waals surface area contributed by atoms with Crippen LogP contribution in [0.3, 0.4) is 0 Å². The maximum atomic E-state index is 13.1. The van der Waals surface area contributed by atoms with E-state index in [0.717, 1.165) is 19.3 Å². The molecule has 0 spiro atoms. The number of aryl methyl sites for hydroxylation is 2. The average Bonchev–Trinajstić information content (AvgIpc) is 2.74. The van der Waals surface area contributed by atoms with Gasteiger partial charge in [-0.05, 0) is 73.9 Å². The van der Waals surface area contributed by atoms with Crippen molar-refractivity contribution in [2.75, 3.05) is 18.4 Å². The van der Waals surface area contributed by atoms with Crippen molar-refractivity contribution in [2.45, 2.75) is 43.4 Å². The van der Waals surface area contributed by atoms with Gasteiger partial charge < -0.3 is 5.32 Å². The molecule has 2 aromatic rings. The van der Waals surface area contributed by atoms with Gasteiger partial charge in [-0.2, -0.15) is 4.31 Å². The number of benzene rings is 1. The van der Waals surface area contributed by atoms with Crippen molar-refractivity contribution in [3.8, 4) is 0 Å². The van der Waals surface area contributed by atoms with E-state index in [-0.39, 0.29) is 11.8 Å². The summed E-state index contributed by atoms with van der Waals surface area (Å²) in [4.78, 5) is 16.8. The molecule has 4 rings (SSSR count). The Morgan fingerprint density at radius 3 is 2.39 bits per heavy atom. The lowest BCUT2D eigenvalue weighted by Gasteiger charge is -2.31. The lowest BCUT2D eigenvalue weighted by Crippen LogP contribution is -2.41. The Balaban J connectivity index is 1.41. The Bertz CT molecular complexity index is 952. The fourth-order valence-electron chi connectivity index (χ4n) is 4.06. The van der Waals surface area contributed by atoms with Crippen molar-refractivity contribution in [3.63, 3.8) is 0 Å². The van der Waals surface area contributed by atoms with Crippen LogP contribution >= 0.6 is 0 Å². The van der Waals surface area contributed by atoms with Crippen LogP contribution in [0.5, 0.6) is 0 Å². The van der Waals surface area contributed by atoms with Gasteiger partial charge in [0.1, 0.15) is 0 Å². The van der Waals surface area contributed by atoms with Crippen LogP contribution in [0.4, 0.5) is 5.69 Å². The molecule has 1 amide bonds. The second-order valence-electron chi connectivity index (χ2n) is 7.54. The number of aromatic nitrogens is 1. The molecule has 6 nitrogen and oxygen atoms in total. The number of carbonyl (C=O) groups excluding carboxylic acids is 1. The van der Waals surface area contributed by atoms with Gasteiger partial charge in [0.15, 0.2) is 0 Å². The van der Waals surface area contributed by atoms with Gasteiger partial charge in [0.05, 0.1) is 4.90 Å². The van der Waals surface area contributed by atoms with Gasteiger partial charge in [0, 0.05) is 37.1 Å². The van der Waals surface area contributed by atoms with E-state index in [1.807, 2.05) is 12.1 Å². The van der Waals surface area contributed by atoms with E-state index >= 15 is 0 Å².